The normalized spacial score (nSPS) is 12.6. The van der Waals surface area contributed by atoms with E-state index in [9.17, 15) is 13.6 Å². The average Bonchev–Trinajstić information content (AvgIpc) is 2.25. The second kappa shape index (κ2) is 5.86. The lowest BCUT2D eigenvalue weighted by Gasteiger charge is -2.10. The van der Waals surface area contributed by atoms with Crippen molar-refractivity contribution in [2.75, 3.05) is 6.54 Å². The minimum absolute atomic E-state index is 0.232. The molecular weight excluding hydrogens is 286 g/mol. The van der Waals surface area contributed by atoms with Gasteiger partial charge in [0.1, 0.15) is 6.10 Å². The van der Waals surface area contributed by atoms with Crippen LogP contribution in [0, 0.1) is 0 Å². The molecule has 0 aliphatic heterocycles. The van der Waals surface area contributed by atoms with Crippen molar-refractivity contribution in [3.8, 4) is 0 Å². The minimum Gasteiger partial charge on any atom is -0.385 e. The molecule has 0 saturated carbocycles. The van der Waals surface area contributed by atoms with Crippen molar-refractivity contribution in [2.24, 2.45) is 0 Å². The van der Waals surface area contributed by atoms with E-state index in [-0.39, 0.29) is 5.56 Å². The van der Waals surface area contributed by atoms with E-state index in [4.69, 9.17) is 5.11 Å². The van der Waals surface area contributed by atoms with Gasteiger partial charge in [-0.3, -0.25) is 9.78 Å². The summed E-state index contributed by atoms with van der Waals surface area (Å²) in [5.41, 5.74) is 0.232. The van der Waals surface area contributed by atoms with Crippen LogP contribution in [0.5, 0.6) is 0 Å². The second-order valence-electron chi connectivity index (χ2n) is 3.00. The summed E-state index contributed by atoms with van der Waals surface area (Å²) in [4.78, 5) is 15.1. The van der Waals surface area contributed by atoms with E-state index in [2.05, 4.69) is 26.2 Å². The Morgan fingerprint density at radius 2 is 2.25 bits per heavy atom. The maximum absolute atomic E-state index is 11.9. The highest BCUT2D eigenvalue weighted by Gasteiger charge is 2.17. The van der Waals surface area contributed by atoms with Gasteiger partial charge in [0.2, 0.25) is 0 Å². The lowest BCUT2D eigenvalue weighted by molar-refractivity contribution is -0.00270. The van der Waals surface area contributed by atoms with Crippen molar-refractivity contribution in [1.29, 1.82) is 0 Å². The molecule has 88 valence electrons. The number of nitrogens with one attached hydrogen (secondary N) is 1. The average molecular weight is 295 g/mol. The van der Waals surface area contributed by atoms with E-state index in [0.717, 1.165) is 0 Å². The lowest BCUT2D eigenvalue weighted by Crippen LogP contribution is -2.35. The van der Waals surface area contributed by atoms with Gasteiger partial charge < -0.3 is 10.4 Å². The summed E-state index contributed by atoms with van der Waals surface area (Å²) < 4.78 is 24.5. The van der Waals surface area contributed by atoms with E-state index in [1.807, 2.05) is 0 Å². The number of aromatic nitrogens is 1. The lowest BCUT2D eigenvalue weighted by atomic mass is 10.2. The smallest absolute Gasteiger partial charge is 0.265 e. The van der Waals surface area contributed by atoms with E-state index in [1.54, 1.807) is 0 Å². The summed E-state index contributed by atoms with van der Waals surface area (Å²) >= 11 is 3.12. The van der Waals surface area contributed by atoms with Gasteiger partial charge in [-0.2, -0.15) is 0 Å². The van der Waals surface area contributed by atoms with Gasteiger partial charge in [0.25, 0.3) is 12.3 Å². The van der Waals surface area contributed by atoms with Gasteiger partial charge in [-0.15, -0.1) is 0 Å². The fraction of sp³-hybridized carbons (Fsp3) is 0.333. The molecule has 1 heterocycles. The Bertz CT molecular complexity index is 376. The van der Waals surface area contributed by atoms with Gasteiger partial charge in [-0.1, -0.05) is 0 Å². The van der Waals surface area contributed by atoms with Crippen LogP contribution in [0.3, 0.4) is 0 Å². The Kier molecular flexibility index (Phi) is 4.75. The van der Waals surface area contributed by atoms with Crippen molar-refractivity contribution in [2.45, 2.75) is 12.5 Å². The zero-order chi connectivity index (χ0) is 12.1. The Hall–Kier alpha value is -1.08. The molecule has 1 atom stereocenters. The van der Waals surface area contributed by atoms with Crippen LogP contribution in [0.25, 0.3) is 0 Å². The molecule has 0 spiro atoms. The number of nitrogens with zero attached hydrogens (tertiary/aromatic N) is 1. The molecule has 0 saturated heterocycles. The monoisotopic (exact) mass is 294 g/mol. The summed E-state index contributed by atoms with van der Waals surface area (Å²) in [7, 11) is 0. The van der Waals surface area contributed by atoms with E-state index in [1.165, 1.54) is 18.5 Å². The largest absolute Gasteiger partial charge is 0.385 e. The molecule has 16 heavy (non-hydrogen) atoms. The zero-order valence-electron chi connectivity index (χ0n) is 8.03. The highest BCUT2D eigenvalue weighted by molar-refractivity contribution is 9.10. The van der Waals surface area contributed by atoms with Crippen LogP contribution in [0.4, 0.5) is 8.78 Å². The quantitative estimate of drug-likeness (QED) is 0.877. The third-order valence-corrected chi connectivity index (χ3v) is 2.16. The fourth-order valence-electron chi connectivity index (χ4n) is 0.924. The SMILES string of the molecule is O=C(NCC(O)C(F)F)c1cncc(Br)c1. The molecule has 1 rings (SSSR count). The molecule has 0 radical (unpaired) electrons. The molecule has 7 heteroatoms. The number of pyridine rings is 1. The predicted molar refractivity (Wildman–Crippen MR) is 56.3 cm³/mol. The highest BCUT2D eigenvalue weighted by atomic mass is 79.9. The number of carbonyl (C=O) groups is 1. The number of aliphatic hydroxyl groups is 1. The summed E-state index contributed by atoms with van der Waals surface area (Å²) in [5.74, 6) is -0.562. The van der Waals surface area contributed by atoms with E-state index in [0.29, 0.717) is 4.47 Å². The van der Waals surface area contributed by atoms with Crippen LogP contribution in [-0.4, -0.2) is 35.1 Å². The van der Waals surface area contributed by atoms with E-state index >= 15 is 0 Å². The standard InChI is InChI=1S/C9H9BrF2N2O2/c10-6-1-5(2-13-3-6)9(16)14-4-7(15)8(11)12/h1-3,7-8,15H,4H2,(H,14,16). The maximum Gasteiger partial charge on any atom is 0.265 e. The van der Waals surface area contributed by atoms with Crippen molar-refractivity contribution >= 4 is 21.8 Å². The highest BCUT2D eigenvalue weighted by Crippen LogP contribution is 2.09. The van der Waals surface area contributed by atoms with Gasteiger partial charge >= 0.3 is 0 Å². The zero-order valence-corrected chi connectivity index (χ0v) is 9.62. The molecule has 2 N–H and O–H groups in total. The van der Waals surface area contributed by atoms with Crippen LogP contribution >= 0.6 is 15.9 Å². The number of alkyl halides is 2. The first-order valence-electron chi connectivity index (χ1n) is 4.35. The van der Waals surface area contributed by atoms with Crippen molar-refractivity contribution in [3.05, 3.63) is 28.5 Å². The Morgan fingerprint density at radius 3 is 2.81 bits per heavy atom. The number of hydrogen-bond donors (Lipinski definition) is 2. The molecule has 1 unspecified atom stereocenters. The summed E-state index contributed by atoms with van der Waals surface area (Å²) in [6.07, 6.45) is -1.94. The first-order valence-corrected chi connectivity index (χ1v) is 5.15. The molecule has 1 amide bonds. The van der Waals surface area contributed by atoms with Crippen molar-refractivity contribution in [1.82, 2.24) is 10.3 Å². The van der Waals surface area contributed by atoms with Gasteiger partial charge in [0.05, 0.1) is 5.56 Å². The number of halogens is 3. The van der Waals surface area contributed by atoms with Crippen LogP contribution in [-0.2, 0) is 0 Å². The first-order chi connectivity index (χ1) is 7.50. The van der Waals surface area contributed by atoms with Gasteiger partial charge in [-0.25, -0.2) is 8.78 Å². The Balaban J connectivity index is 2.53. The minimum atomic E-state index is -2.87. The molecule has 0 aromatic carbocycles. The molecular formula is C9H9BrF2N2O2. The molecule has 0 aliphatic carbocycles. The molecule has 0 bridgehead atoms. The number of hydrogen-bond acceptors (Lipinski definition) is 3. The third-order valence-electron chi connectivity index (χ3n) is 1.73. The van der Waals surface area contributed by atoms with Gasteiger partial charge in [0.15, 0.2) is 0 Å². The van der Waals surface area contributed by atoms with Crippen LogP contribution in [0.15, 0.2) is 22.9 Å². The second-order valence-corrected chi connectivity index (χ2v) is 3.92. The molecule has 0 aliphatic rings. The molecule has 1 aromatic heterocycles. The van der Waals surface area contributed by atoms with Gasteiger partial charge in [0, 0.05) is 23.4 Å². The molecule has 4 nitrogen and oxygen atoms in total. The summed E-state index contributed by atoms with van der Waals surface area (Å²) in [6, 6.07) is 1.50. The predicted octanol–water partition coefficient (Wildman–Crippen LogP) is 1.20. The van der Waals surface area contributed by atoms with Crippen molar-refractivity contribution in [3.63, 3.8) is 0 Å². The fourth-order valence-corrected chi connectivity index (χ4v) is 1.29. The van der Waals surface area contributed by atoms with Crippen molar-refractivity contribution < 1.29 is 18.7 Å². The summed E-state index contributed by atoms with van der Waals surface area (Å²) in [6.45, 7) is -0.497. The third kappa shape index (κ3) is 3.82. The first kappa shape index (κ1) is 13.0. The van der Waals surface area contributed by atoms with Gasteiger partial charge in [-0.05, 0) is 22.0 Å². The number of aliphatic hydroxyl groups excluding tert-OH is 1. The Morgan fingerprint density at radius 1 is 1.56 bits per heavy atom. The summed E-state index contributed by atoms with van der Waals surface area (Å²) in [5, 5.41) is 11.0. The number of rotatable bonds is 4. The topological polar surface area (TPSA) is 62.2 Å². The molecule has 0 fully saturated rings. The van der Waals surface area contributed by atoms with Crippen LogP contribution in [0.1, 0.15) is 10.4 Å². The maximum atomic E-state index is 11.9. The van der Waals surface area contributed by atoms with Crippen LogP contribution < -0.4 is 5.32 Å². The number of amides is 1. The Labute approximate surface area is 98.8 Å². The number of carbonyl (C=O) groups excluding carboxylic acids is 1. The van der Waals surface area contributed by atoms with Crippen LogP contribution in [0.2, 0.25) is 0 Å². The van der Waals surface area contributed by atoms with E-state index < -0.39 is 25.0 Å². The molecule has 1 aromatic rings.